The van der Waals surface area contributed by atoms with Crippen molar-refractivity contribution in [2.45, 2.75) is 31.4 Å². The second kappa shape index (κ2) is 5.54. The van der Waals surface area contributed by atoms with Crippen LogP contribution < -0.4 is 5.32 Å². The fourth-order valence-electron chi connectivity index (χ4n) is 2.30. The van der Waals surface area contributed by atoms with E-state index in [0.29, 0.717) is 24.6 Å². The smallest absolute Gasteiger partial charge is 0.304 e. The molecule has 0 bridgehead atoms. The molecule has 118 valence electrons. The third-order valence-corrected chi connectivity index (χ3v) is 6.84. The van der Waals surface area contributed by atoms with Crippen LogP contribution in [0.15, 0.2) is 10.3 Å². The van der Waals surface area contributed by atoms with Crippen molar-refractivity contribution in [3.8, 4) is 0 Å². The standard InChI is InChI=1S/C12H19N3O4S2/c1-4-13-11-9(15(16)17)7-10(20-11)21(18,19)14-6-5-12(2,3)8-14/h7,13H,4-6,8H2,1-3H3. The van der Waals surface area contributed by atoms with Gasteiger partial charge in [0, 0.05) is 25.7 Å². The molecule has 0 amide bonds. The predicted octanol–water partition coefficient (Wildman–Crippen LogP) is 2.51. The van der Waals surface area contributed by atoms with Gasteiger partial charge in [-0.05, 0) is 18.8 Å². The van der Waals surface area contributed by atoms with Gasteiger partial charge in [-0.1, -0.05) is 25.2 Å². The van der Waals surface area contributed by atoms with Gasteiger partial charge in [0.1, 0.15) is 4.21 Å². The Morgan fingerprint density at radius 2 is 2.19 bits per heavy atom. The summed E-state index contributed by atoms with van der Waals surface area (Å²) in [6.45, 7) is 7.24. The van der Waals surface area contributed by atoms with Gasteiger partial charge in [0.2, 0.25) is 0 Å². The molecule has 0 atom stereocenters. The highest BCUT2D eigenvalue weighted by Gasteiger charge is 2.38. The van der Waals surface area contributed by atoms with Gasteiger partial charge in [-0.25, -0.2) is 8.42 Å². The maximum absolute atomic E-state index is 12.6. The van der Waals surface area contributed by atoms with Crippen LogP contribution in [0.3, 0.4) is 0 Å². The topological polar surface area (TPSA) is 92.6 Å². The van der Waals surface area contributed by atoms with Crippen LogP contribution in [0.2, 0.25) is 0 Å². The van der Waals surface area contributed by atoms with Gasteiger partial charge in [0.05, 0.1) is 4.92 Å². The zero-order chi connectivity index (χ0) is 15.8. The van der Waals surface area contributed by atoms with Gasteiger partial charge in [-0.2, -0.15) is 4.31 Å². The average Bonchev–Trinajstić information content (AvgIpc) is 2.94. The number of hydrogen-bond acceptors (Lipinski definition) is 6. The maximum Gasteiger partial charge on any atom is 0.304 e. The molecule has 9 heteroatoms. The molecule has 0 aliphatic carbocycles. The second-order valence-corrected chi connectivity index (χ2v) is 9.04. The minimum absolute atomic E-state index is 0.0304. The minimum atomic E-state index is -3.66. The molecule has 21 heavy (non-hydrogen) atoms. The van der Waals surface area contributed by atoms with E-state index in [1.807, 2.05) is 13.8 Å². The summed E-state index contributed by atoms with van der Waals surface area (Å²) in [6, 6.07) is 1.16. The molecule has 0 unspecified atom stereocenters. The Balaban J connectivity index is 2.37. The van der Waals surface area contributed by atoms with Gasteiger partial charge in [0.15, 0.2) is 5.00 Å². The van der Waals surface area contributed by atoms with Crippen LogP contribution in [0, 0.1) is 15.5 Å². The summed E-state index contributed by atoms with van der Waals surface area (Å²) < 4.78 is 26.6. The highest BCUT2D eigenvalue weighted by molar-refractivity contribution is 7.91. The number of hydrogen-bond donors (Lipinski definition) is 1. The Morgan fingerprint density at radius 3 is 2.67 bits per heavy atom. The van der Waals surface area contributed by atoms with E-state index in [-0.39, 0.29) is 15.3 Å². The molecule has 1 N–H and O–H groups in total. The average molecular weight is 333 g/mol. The lowest BCUT2D eigenvalue weighted by Crippen LogP contribution is -2.29. The summed E-state index contributed by atoms with van der Waals surface area (Å²) in [5, 5.41) is 14.2. The fraction of sp³-hybridized carbons (Fsp3) is 0.667. The molecule has 1 aliphatic rings. The number of sulfonamides is 1. The number of nitro groups is 1. The first-order valence-electron chi connectivity index (χ1n) is 6.69. The molecule has 1 aromatic heterocycles. The number of nitrogens with one attached hydrogen (secondary N) is 1. The summed E-state index contributed by atoms with van der Waals surface area (Å²) >= 11 is 0.924. The van der Waals surface area contributed by atoms with Crippen molar-refractivity contribution in [3.63, 3.8) is 0 Å². The first-order chi connectivity index (χ1) is 9.67. The van der Waals surface area contributed by atoms with Gasteiger partial charge < -0.3 is 5.32 Å². The lowest BCUT2D eigenvalue weighted by molar-refractivity contribution is -0.383. The maximum atomic E-state index is 12.6. The first kappa shape index (κ1) is 16.2. The van der Waals surface area contributed by atoms with Crippen molar-refractivity contribution in [2.75, 3.05) is 25.0 Å². The Labute approximate surface area is 128 Å². The molecule has 0 aromatic carbocycles. The van der Waals surface area contributed by atoms with Crippen molar-refractivity contribution in [1.29, 1.82) is 0 Å². The number of nitrogens with zero attached hydrogens (tertiary/aromatic N) is 2. The quantitative estimate of drug-likeness (QED) is 0.660. The normalized spacial score (nSPS) is 18.8. The molecule has 1 saturated heterocycles. The van der Waals surface area contributed by atoms with Crippen LogP contribution >= 0.6 is 11.3 Å². The molecule has 7 nitrogen and oxygen atoms in total. The van der Waals surface area contributed by atoms with Crippen LogP contribution in [0.25, 0.3) is 0 Å². The third kappa shape index (κ3) is 3.19. The summed E-state index contributed by atoms with van der Waals surface area (Å²) in [6.07, 6.45) is 0.791. The Morgan fingerprint density at radius 1 is 1.52 bits per heavy atom. The van der Waals surface area contributed by atoms with E-state index in [1.165, 1.54) is 4.31 Å². The SMILES string of the molecule is CCNc1sc(S(=O)(=O)N2CCC(C)(C)C2)cc1[N+](=O)[O-]. The fourth-order valence-corrected chi connectivity index (χ4v) is 5.48. The zero-order valence-corrected chi connectivity index (χ0v) is 13.9. The van der Waals surface area contributed by atoms with Crippen LogP contribution in [-0.2, 0) is 10.0 Å². The van der Waals surface area contributed by atoms with Crippen molar-refractivity contribution >= 4 is 32.0 Å². The van der Waals surface area contributed by atoms with Gasteiger partial charge in [-0.15, -0.1) is 0 Å². The van der Waals surface area contributed by atoms with Gasteiger partial charge >= 0.3 is 5.69 Å². The molecule has 1 aliphatic heterocycles. The van der Waals surface area contributed by atoms with Crippen LogP contribution in [0.4, 0.5) is 10.7 Å². The van der Waals surface area contributed by atoms with Crippen molar-refractivity contribution in [2.24, 2.45) is 5.41 Å². The lowest BCUT2D eigenvalue weighted by Gasteiger charge is -2.18. The molecule has 2 heterocycles. The number of anilines is 1. The van der Waals surface area contributed by atoms with E-state index in [4.69, 9.17) is 0 Å². The molecular weight excluding hydrogens is 314 g/mol. The lowest BCUT2D eigenvalue weighted by atomic mass is 9.93. The monoisotopic (exact) mass is 333 g/mol. The van der Waals surface area contributed by atoms with E-state index in [0.717, 1.165) is 23.8 Å². The molecule has 1 fully saturated rings. The summed E-state index contributed by atoms with van der Waals surface area (Å²) in [4.78, 5) is 10.5. The highest BCUT2D eigenvalue weighted by Crippen LogP contribution is 2.40. The second-order valence-electron chi connectivity index (χ2n) is 5.82. The van der Waals surface area contributed by atoms with Crippen molar-refractivity contribution in [1.82, 2.24) is 4.31 Å². The van der Waals surface area contributed by atoms with Crippen molar-refractivity contribution in [3.05, 3.63) is 16.2 Å². The van der Waals surface area contributed by atoms with E-state index < -0.39 is 14.9 Å². The minimum Gasteiger partial charge on any atom is -0.372 e. The largest absolute Gasteiger partial charge is 0.372 e. The zero-order valence-electron chi connectivity index (χ0n) is 12.2. The molecular formula is C12H19N3O4S2. The predicted molar refractivity (Wildman–Crippen MR) is 82.3 cm³/mol. The van der Waals surface area contributed by atoms with Crippen molar-refractivity contribution < 1.29 is 13.3 Å². The number of thiophene rings is 1. The van der Waals surface area contributed by atoms with E-state index in [2.05, 4.69) is 5.32 Å². The molecule has 0 radical (unpaired) electrons. The number of rotatable bonds is 5. The molecule has 1 aromatic rings. The molecule has 0 spiro atoms. The van der Waals surface area contributed by atoms with Gasteiger partial charge in [-0.3, -0.25) is 10.1 Å². The summed E-state index contributed by atoms with van der Waals surface area (Å²) in [7, 11) is -3.66. The van der Waals surface area contributed by atoms with Gasteiger partial charge in [0.25, 0.3) is 10.0 Å². The Hall–Kier alpha value is -1.19. The van der Waals surface area contributed by atoms with E-state index in [9.17, 15) is 18.5 Å². The highest BCUT2D eigenvalue weighted by atomic mass is 32.2. The summed E-state index contributed by atoms with van der Waals surface area (Å²) in [5.74, 6) is 0. The first-order valence-corrected chi connectivity index (χ1v) is 8.95. The molecule has 0 saturated carbocycles. The Kier molecular flexibility index (Phi) is 4.27. The Bertz CT molecular complexity index is 651. The van der Waals surface area contributed by atoms with Crippen LogP contribution in [-0.4, -0.2) is 37.3 Å². The third-order valence-electron chi connectivity index (χ3n) is 3.46. The van der Waals surface area contributed by atoms with E-state index in [1.54, 1.807) is 6.92 Å². The molecule has 2 rings (SSSR count). The van der Waals surface area contributed by atoms with Crippen LogP contribution in [0.1, 0.15) is 27.2 Å². The van der Waals surface area contributed by atoms with Crippen LogP contribution in [0.5, 0.6) is 0 Å². The van der Waals surface area contributed by atoms with E-state index >= 15 is 0 Å². The summed E-state index contributed by atoms with van der Waals surface area (Å²) in [5.41, 5.74) is -0.236.